The van der Waals surface area contributed by atoms with E-state index in [0.717, 1.165) is 28.7 Å². The van der Waals surface area contributed by atoms with Crippen LogP contribution in [0.15, 0.2) is 48.5 Å². The summed E-state index contributed by atoms with van der Waals surface area (Å²) in [5, 5.41) is 0. The van der Waals surface area contributed by atoms with E-state index < -0.39 is 17.1 Å². The monoisotopic (exact) mass is 350 g/mol. The van der Waals surface area contributed by atoms with Gasteiger partial charge >= 0.3 is 0 Å². The van der Waals surface area contributed by atoms with Crippen LogP contribution in [0, 0.1) is 0 Å². The first-order chi connectivity index (χ1) is 12.2. The van der Waals surface area contributed by atoms with Gasteiger partial charge in [-0.1, -0.05) is 55.5 Å². The Kier molecular flexibility index (Phi) is 4.61. The van der Waals surface area contributed by atoms with Crippen molar-refractivity contribution in [1.29, 1.82) is 0 Å². The molecule has 0 atom stereocenters. The number of Topliss-reactive ketones (excluding diaryl/α,β-unsaturated/α-hetero) is 2. The Morgan fingerprint density at radius 3 is 1.96 bits per heavy atom. The van der Waals surface area contributed by atoms with Gasteiger partial charge in [0.05, 0.1) is 0 Å². The SMILES string of the molecule is CCc1cc(-c2ccccc2)ccc1C1C(=O)C(C)(C)OC(C)(C)C1=O. The molecule has 0 N–H and O–H groups in total. The molecular weight excluding hydrogens is 324 g/mol. The van der Waals surface area contributed by atoms with Gasteiger partial charge in [-0.2, -0.15) is 0 Å². The van der Waals surface area contributed by atoms with E-state index in [9.17, 15) is 9.59 Å². The molecule has 0 aromatic heterocycles. The van der Waals surface area contributed by atoms with E-state index >= 15 is 0 Å². The lowest BCUT2D eigenvalue weighted by molar-refractivity contribution is -0.184. The van der Waals surface area contributed by atoms with Gasteiger partial charge in [-0.05, 0) is 56.4 Å². The molecule has 0 saturated carbocycles. The molecule has 1 fully saturated rings. The molecule has 2 aromatic carbocycles. The molecule has 3 rings (SSSR count). The number of benzene rings is 2. The molecule has 0 radical (unpaired) electrons. The predicted octanol–water partition coefficient (Wildman–Crippen LogP) is 4.73. The largest absolute Gasteiger partial charge is 0.354 e. The third-order valence-corrected chi connectivity index (χ3v) is 5.16. The van der Waals surface area contributed by atoms with Crippen molar-refractivity contribution in [3.8, 4) is 11.1 Å². The number of rotatable bonds is 3. The maximum Gasteiger partial charge on any atom is 0.179 e. The summed E-state index contributed by atoms with van der Waals surface area (Å²) >= 11 is 0. The molecule has 0 spiro atoms. The highest BCUT2D eigenvalue weighted by Gasteiger charge is 2.53. The van der Waals surface area contributed by atoms with Gasteiger partial charge in [0.1, 0.15) is 17.1 Å². The average molecular weight is 350 g/mol. The Morgan fingerprint density at radius 1 is 0.846 bits per heavy atom. The van der Waals surface area contributed by atoms with Crippen LogP contribution in [-0.2, 0) is 20.7 Å². The van der Waals surface area contributed by atoms with Gasteiger partial charge in [0, 0.05) is 0 Å². The van der Waals surface area contributed by atoms with Crippen LogP contribution in [0.3, 0.4) is 0 Å². The van der Waals surface area contributed by atoms with E-state index in [1.165, 1.54) is 0 Å². The van der Waals surface area contributed by atoms with Crippen molar-refractivity contribution in [1.82, 2.24) is 0 Å². The predicted molar refractivity (Wildman–Crippen MR) is 103 cm³/mol. The van der Waals surface area contributed by atoms with Gasteiger partial charge in [0.15, 0.2) is 11.6 Å². The fraction of sp³-hybridized carbons (Fsp3) is 0.391. The summed E-state index contributed by atoms with van der Waals surface area (Å²) in [7, 11) is 0. The van der Waals surface area contributed by atoms with E-state index in [-0.39, 0.29) is 11.6 Å². The molecule has 136 valence electrons. The van der Waals surface area contributed by atoms with E-state index in [4.69, 9.17) is 4.74 Å². The topological polar surface area (TPSA) is 43.4 Å². The fourth-order valence-electron chi connectivity index (χ4n) is 3.84. The van der Waals surface area contributed by atoms with Crippen LogP contribution in [0.1, 0.15) is 51.7 Å². The van der Waals surface area contributed by atoms with Crippen molar-refractivity contribution in [2.24, 2.45) is 0 Å². The highest BCUT2D eigenvalue weighted by Crippen LogP contribution is 2.40. The molecule has 1 aliphatic heterocycles. The van der Waals surface area contributed by atoms with Gasteiger partial charge in [0.25, 0.3) is 0 Å². The zero-order valence-corrected chi connectivity index (χ0v) is 16.1. The molecule has 3 nitrogen and oxygen atoms in total. The van der Waals surface area contributed by atoms with Crippen LogP contribution in [0.5, 0.6) is 0 Å². The number of carbonyl (C=O) groups excluding carboxylic acids is 2. The molecule has 1 heterocycles. The van der Waals surface area contributed by atoms with Crippen molar-refractivity contribution < 1.29 is 14.3 Å². The number of ketones is 2. The van der Waals surface area contributed by atoms with Crippen LogP contribution in [0.2, 0.25) is 0 Å². The molecular formula is C23H26O3. The lowest BCUT2D eigenvalue weighted by Crippen LogP contribution is -2.58. The zero-order chi connectivity index (χ0) is 19.1. The van der Waals surface area contributed by atoms with Crippen LogP contribution in [-0.4, -0.2) is 22.8 Å². The number of ether oxygens (including phenoxy) is 1. The summed E-state index contributed by atoms with van der Waals surface area (Å²) in [4.78, 5) is 26.0. The first-order valence-corrected chi connectivity index (χ1v) is 9.14. The van der Waals surface area contributed by atoms with Crippen molar-refractivity contribution in [2.45, 2.75) is 58.2 Å². The summed E-state index contributed by atoms with van der Waals surface area (Å²) in [6, 6.07) is 16.2. The minimum absolute atomic E-state index is 0.163. The van der Waals surface area contributed by atoms with Crippen LogP contribution in [0.4, 0.5) is 0 Å². The molecule has 2 aromatic rings. The van der Waals surface area contributed by atoms with Gasteiger partial charge in [-0.3, -0.25) is 9.59 Å². The first kappa shape index (κ1) is 18.5. The number of hydrogen-bond acceptors (Lipinski definition) is 3. The van der Waals surface area contributed by atoms with E-state index in [1.807, 2.05) is 30.3 Å². The standard InChI is InChI=1S/C23H26O3/c1-6-15-14-17(16-10-8-7-9-11-16)12-13-18(15)19-20(24)22(2,3)26-23(4,5)21(19)25/h7-14,19H,6H2,1-5H3. The van der Waals surface area contributed by atoms with Crippen molar-refractivity contribution in [2.75, 3.05) is 0 Å². The van der Waals surface area contributed by atoms with Gasteiger partial charge in [-0.15, -0.1) is 0 Å². The minimum atomic E-state index is -0.981. The highest BCUT2D eigenvalue weighted by atomic mass is 16.5. The average Bonchev–Trinajstić information content (AvgIpc) is 2.60. The molecule has 1 aliphatic rings. The molecule has 1 saturated heterocycles. The molecule has 3 heteroatoms. The lowest BCUT2D eigenvalue weighted by atomic mass is 9.73. The Hall–Kier alpha value is -2.26. The number of carbonyl (C=O) groups is 2. The zero-order valence-electron chi connectivity index (χ0n) is 16.1. The Morgan fingerprint density at radius 2 is 1.42 bits per heavy atom. The third kappa shape index (κ3) is 3.12. The molecule has 0 unspecified atom stereocenters. The van der Waals surface area contributed by atoms with E-state index in [0.29, 0.717) is 0 Å². The maximum atomic E-state index is 13.0. The van der Waals surface area contributed by atoms with Crippen molar-refractivity contribution in [3.63, 3.8) is 0 Å². The molecule has 0 aliphatic carbocycles. The smallest absolute Gasteiger partial charge is 0.179 e. The molecule has 26 heavy (non-hydrogen) atoms. The van der Waals surface area contributed by atoms with Crippen molar-refractivity contribution >= 4 is 11.6 Å². The summed E-state index contributed by atoms with van der Waals surface area (Å²) in [6.45, 7) is 9.06. The molecule has 0 amide bonds. The Balaban J connectivity index is 2.10. The van der Waals surface area contributed by atoms with Gasteiger partial charge in [-0.25, -0.2) is 0 Å². The van der Waals surface area contributed by atoms with E-state index in [1.54, 1.807) is 27.7 Å². The second-order valence-corrected chi connectivity index (χ2v) is 7.92. The highest BCUT2D eigenvalue weighted by molar-refractivity contribution is 6.15. The van der Waals surface area contributed by atoms with Gasteiger partial charge < -0.3 is 4.74 Å². The Labute approximate surface area is 155 Å². The fourth-order valence-corrected chi connectivity index (χ4v) is 3.84. The normalized spacial score (nSPS) is 19.6. The van der Waals surface area contributed by atoms with Gasteiger partial charge in [0.2, 0.25) is 0 Å². The van der Waals surface area contributed by atoms with Crippen LogP contribution >= 0.6 is 0 Å². The second kappa shape index (κ2) is 6.48. The summed E-state index contributed by atoms with van der Waals surface area (Å²) in [5.74, 6) is -1.10. The number of hydrogen-bond donors (Lipinski definition) is 0. The third-order valence-electron chi connectivity index (χ3n) is 5.16. The van der Waals surface area contributed by atoms with Crippen LogP contribution < -0.4 is 0 Å². The first-order valence-electron chi connectivity index (χ1n) is 9.14. The lowest BCUT2D eigenvalue weighted by Gasteiger charge is -2.43. The summed E-state index contributed by atoms with van der Waals surface area (Å²) < 4.78 is 5.80. The second-order valence-electron chi connectivity index (χ2n) is 7.92. The minimum Gasteiger partial charge on any atom is -0.354 e. The summed E-state index contributed by atoms with van der Waals surface area (Å²) in [5.41, 5.74) is 2.10. The van der Waals surface area contributed by atoms with E-state index in [2.05, 4.69) is 25.1 Å². The summed E-state index contributed by atoms with van der Waals surface area (Å²) in [6.07, 6.45) is 0.759. The van der Waals surface area contributed by atoms with Crippen molar-refractivity contribution in [3.05, 3.63) is 59.7 Å². The number of aryl methyl sites for hydroxylation is 1. The maximum absolute atomic E-state index is 13.0. The van der Waals surface area contributed by atoms with Crippen LogP contribution in [0.25, 0.3) is 11.1 Å². The quantitative estimate of drug-likeness (QED) is 0.752. The Bertz CT molecular complexity index is 821. The molecule has 0 bridgehead atoms.